The lowest BCUT2D eigenvalue weighted by Gasteiger charge is -2.32. The summed E-state index contributed by atoms with van der Waals surface area (Å²) in [4.78, 5) is 17.5. The largest absolute Gasteiger partial charge is 0.493 e. The molecule has 1 saturated heterocycles. The maximum Gasteiger partial charge on any atom is 0.251 e. The molecule has 30 heavy (non-hydrogen) atoms. The van der Waals surface area contributed by atoms with E-state index in [0.29, 0.717) is 29.4 Å². The second kappa shape index (κ2) is 10.3. The number of amides is 1. The fraction of sp³-hybridized carbons (Fsp3) is 0.435. The standard InChI is InChI=1S/C23H31N3O4/c1-25-8-10-26(11-9-25)16-18-7-5-6-17(12-18)15-24-23(27)19-13-20(28-2)22(30-4)21(14-19)29-3/h5-7,12-14H,8-11,15-16H2,1-4H3,(H,24,27). The van der Waals surface area contributed by atoms with Gasteiger partial charge < -0.3 is 24.4 Å². The first-order valence-electron chi connectivity index (χ1n) is 10.1. The van der Waals surface area contributed by atoms with E-state index in [1.165, 1.54) is 26.9 Å². The van der Waals surface area contributed by atoms with Gasteiger partial charge in [-0.05, 0) is 30.3 Å². The smallest absolute Gasteiger partial charge is 0.251 e. The molecule has 1 aliphatic heterocycles. The van der Waals surface area contributed by atoms with E-state index in [-0.39, 0.29) is 5.91 Å². The Bertz CT molecular complexity index is 838. The monoisotopic (exact) mass is 413 g/mol. The highest BCUT2D eigenvalue weighted by molar-refractivity contribution is 5.95. The van der Waals surface area contributed by atoms with Crippen LogP contribution in [0.15, 0.2) is 36.4 Å². The number of nitrogens with one attached hydrogen (secondary N) is 1. The number of carbonyl (C=O) groups excluding carboxylic acids is 1. The van der Waals surface area contributed by atoms with Gasteiger partial charge in [-0.3, -0.25) is 9.69 Å². The zero-order valence-electron chi connectivity index (χ0n) is 18.2. The molecule has 0 bridgehead atoms. The predicted molar refractivity (Wildman–Crippen MR) is 116 cm³/mol. The van der Waals surface area contributed by atoms with Crippen LogP contribution in [0, 0.1) is 0 Å². The molecule has 1 aliphatic rings. The minimum absolute atomic E-state index is 0.196. The van der Waals surface area contributed by atoms with E-state index < -0.39 is 0 Å². The van der Waals surface area contributed by atoms with Gasteiger partial charge in [-0.25, -0.2) is 0 Å². The molecular weight excluding hydrogens is 382 g/mol. The predicted octanol–water partition coefficient (Wildman–Crippen LogP) is 2.39. The van der Waals surface area contributed by atoms with E-state index >= 15 is 0 Å². The highest BCUT2D eigenvalue weighted by Crippen LogP contribution is 2.38. The molecule has 1 heterocycles. The average Bonchev–Trinajstić information content (AvgIpc) is 2.78. The first-order valence-corrected chi connectivity index (χ1v) is 10.1. The zero-order chi connectivity index (χ0) is 21.5. The summed E-state index contributed by atoms with van der Waals surface area (Å²) in [7, 11) is 6.76. The number of likely N-dealkylation sites (N-methyl/N-ethyl adjacent to an activating group) is 1. The maximum atomic E-state index is 12.7. The fourth-order valence-corrected chi connectivity index (χ4v) is 3.60. The number of hydrogen-bond donors (Lipinski definition) is 1. The Morgan fingerprint density at radius 2 is 1.57 bits per heavy atom. The lowest BCUT2D eigenvalue weighted by molar-refractivity contribution is 0.0950. The molecule has 0 aliphatic carbocycles. The lowest BCUT2D eigenvalue weighted by atomic mass is 10.1. The SMILES string of the molecule is COc1cc(C(=O)NCc2cccc(CN3CCN(C)CC3)c2)cc(OC)c1OC. The van der Waals surface area contributed by atoms with E-state index in [1.807, 2.05) is 12.1 Å². The topological polar surface area (TPSA) is 63.3 Å². The van der Waals surface area contributed by atoms with Gasteiger partial charge >= 0.3 is 0 Å². The third kappa shape index (κ3) is 5.43. The summed E-state index contributed by atoms with van der Waals surface area (Å²) in [5, 5.41) is 2.98. The van der Waals surface area contributed by atoms with Crippen molar-refractivity contribution in [1.82, 2.24) is 15.1 Å². The highest BCUT2D eigenvalue weighted by atomic mass is 16.5. The van der Waals surface area contributed by atoms with Crippen molar-refractivity contribution in [2.45, 2.75) is 13.1 Å². The lowest BCUT2D eigenvalue weighted by Crippen LogP contribution is -2.43. The Labute approximate surface area is 178 Å². The number of methoxy groups -OCH3 is 3. The van der Waals surface area contributed by atoms with Gasteiger partial charge in [0, 0.05) is 44.8 Å². The molecule has 0 unspecified atom stereocenters. The second-order valence-electron chi connectivity index (χ2n) is 7.50. The van der Waals surface area contributed by atoms with Crippen LogP contribution in [0.3, 0.4) is 0 Å². The molecule has 0 radical (unpaired) electrons. The summed E-state index contributed by atoms with van der Waals surface area (Å²) >= 11 is 0. The molecule has 162 valence electrons. The number of ether oxygens (including phenoxy) is 3. The zero-order valence-corrected chi connectivity index (χ0v) is 18.2. The summed E-state index contributed by atoms with van der Waals surface area (Å²) in [6, 6.07) is 11.7. The van der Waals surface area contributed by atoms with E-state index in [4.69, 9.17) is 14.2 Å². The van der Waals surface area contributed by atoms with Crippen molar-refractivity contribution in [1.29, 1.82) is 0 Å². The van der Waals surface area contributed by atoms with Gasteiger partial charge in [0.05, 0.1) is 21.3 Å². The molecule has 2 aromatic rings. The summed E-state index contributed by atoms with van der Waals surface area (Å²) in [6.45, 7) is 5.75. The van der Waals surface area contributed by atoms with E-state index in [9.17, 15) is 4.79 Å². The molecule has 0 saturated carbocycles. The van der Waals surface area contributed by atoms with Crippen molar-refractivity contribution >= 4 is 5.91 Å². The molecule has 1 N–H and O–H groups in total. The molecule has 0 atom stereocenters. The molecule has 2 aromatic carbocycles. The van der Waals surface area contributed by atoms with Crippen molar-refractivity contribution in [3.8, 4) is 17.2 Å². The Hall–Kier alpha value is -2.77. The first-order chi connectivity index (χ1) is 14.5. The van der Waals surface area contributed by atoms with Crippen LogP contribution in [0.2, 0.25) is 0 Å². The molecule has 7 heteroatoms. The molecule has 0 spiro atoms. The number of benzene rings is 2. The number of piperazine rings is 1. The minimum atomic E-state index is -0.196. The Balaban J connectivity index is 1.63. The van der Waals surface area contributed by atoms with Gasteiger partial charge in [0.15, 0.2) is 11.5 Å². The van der Waals surface area contributed by atoms with Gasteiger partial charge in [0.2, 0.25) is 5.75 Å². The van der Waals surface area contributed by atoms with E-state index in [1.54, 1.807) is 12.1 Å². The molecule has 1 amide bonds. The van der Waals surface area contributed by atoms with Crippen molar-refractivity contribution in [3.05, 3.63) is 53.1 Å². The van der Waals surface area contributed by atoms with Crippen LogP contribution in [0.1, 0.15) is 21.5 Å². The molecule has 0 aromatic heterocycles. The van der Waals surface area contributed by atoms with Gasteiger partial charge in [-0.1, -0.05) is 24.3 Å². The van der Waals surface area contributed by atoms with E-state index in [2.05, 4.69) is 34.3 Å². The summed E-state index contributed by atoms with van der Waals surface area (Å²) in [6.07, 6.45) is 0. The maximum absolute atomic E-state index is 12.7. The first kappa shape index (κ1) is 21.9. The Morgan fingerprint density at radius 1 is 0.933 bits per heavy atom. The van der Waals surface area contributed by atoms with Gasteiger partial charge in [-0.15, -0.1) is 0 Å². The summed E-state index contributed by atoms with van der Waals surface area (Å²) in [5.74, 6) is 1.18. The van der Waals surface area contributed by atoms with Crippen LogP contribution >= 0.6 is 0 Å². The third-order valence-corrected chi connectivity index (χ3v) is 5.37. The summed E-state index contributed by atoms with van der Waals surface area (Å²) in [5.41, 5.74) is 2.79. The third-order valence-electron chi connectivity index (χ3n) is 5.37. The molecule has 1 fully saturated rings. The van der Waals surface area contributed by atoms with Crippen molar-refractivity contribution in [2.75, 3.05) is 54.6 Å². The van der Waals surface area contributed by atoms with Gasteiger partial charge in [0.1, 0.15) is 0 Å². The van der Waals surface area contributed by atoms with Crippen LogP contribution in [-0.2, 0) is 13.1 Å². The number of rotatable bonds is 8. The molecule has 7 nitrogen and oxygen atoms in total. The van der Waals surface area contributed by atoms with Crippen LogP contribution in [0.4, 0.5) is 0 Å². The van der Waals surface area contributed by atoms with Crippen molar-refractivity contribution in [2.24, 2.45) is 0 Å². The quantitative estimate of drug-likeness (QED) is 0.717. The number of hydrogen-bond acceptors (Lipinski definition) is 6. The number of carbonyl (C=O) groups is 1. The van der Waals surface area contributed by atoms with Crippen molar-refractivity contribution < 1.29 is 19.0 Å². The van der Waals surface area contributed by atoms with E-state index in [0.717, 1.165) is 38.3 Å². The Kier molecular flexibility index (Phi) is 7.54. The minimum Gasteiger partial charge on any atom is -0.493 e. The van der Waals surface area contributed by atoms with Gasteiger partial charge in [-0.2, -0.15) is 0 Å². The number of nitrogens with zero attached hydrogens (tertiary/aromatic N) is 2. The Morgan fingerprint density at radius 3 is 2.17 bits per heavy atom. The van der Waals surface area contributed by atoms with Crippen LogP contribution in [0.5, 0.6) is 17.2 Å². The molecular formula is C23H31N3O4. The van der Waals surface area contributed by atoms with Crippen LogP contribution < -0.4 is 19.5 Å². The average molecular weight is 414 g/mol. The van der Waals surface area contributed by atoms with Crippen molar-refractivity contribution in [3.63, 3.8) is 0 Å². The normalized spacial score (nSPS) is 14.9. The second-order valence-corrected chi connectivity index (χ2v) is 7.50. The highest BCUT2D eigenvalue weighted by Gasteiger charge is 2.17. The van der Waals surface area contributed by atoms with Crippen LogP contribution in [-0.4, -0.2) is 70.3 Å². The van der Waals surface area contributed by atoms with Gasteiger partial charge in [0.25, 0.3) is 5.91 Å². The molecule has 3 rings (SSSR count). The summed E-state index contributed by atoms with van der Waals surface area (Å²) < 4.78 is 16.0. The van der Waals surface area contributed by atoms with Crippen LogP contribution in [0.25, 0.3) is 0 Å². The fourth-order valence-electron chi connectivity index (χ4n) is 3.60.